The van der Waals surface area contributed by atoms with E-state index in [2.05, 4.69) is 22.0 Å². The van der Waals surface area contributed by atoms with Crippen molar-refractivity contribution in [3.8, 4) is 0 Å². The fraction of sp³-hybridized carbons (Fsp3) is 0.545. The van der Waals surface area contributed by atoms with E-state index in [1.54, 1.807) is 4.52 Å². The smallest absolute Gasteiger partial charge is 0.252 e. The van der Waals surface area contributed by atoms with Crippen LogP contribution in [0.4, 0.5) is 0 Å². The molecule has 2 aromatic rings. The van der Waals surface area contributed by atoms with Crippen molar-refractivity contribution < 1.29 is 5.11 Å². The van der Waals surface area contributed by atoms with Crippen LogP contribution in [0.25, 0.3) is 5.78 Å². The molecule has 2 aromatic heterocycles. The SMILES string of the molecule is CCCC(O)Cc1cc(C)nc2ncnn12. The van der Waals surface area contributed by atoms with Gasteiger partial charge in [-0.2, -0.15) is 10.1 Å². The number of hydrogen-bond acceptors (Lipinski definition) is 4. The second-order valence-corrected chi connectivity index (χ2v) is 4.01. The summed E-state index contributed by atoms with van der Waals surface area (Å²) in [5, 5.41) is 13.9. The Morgan fingerprint density at radius 3 is 3.06 bits per heavy atom. The third kappa shape index (κ3) is 2.19. The van der Waals surface area contributed by atoms with E-state index in [0.717, 1.165) is 24.2 Å². The first-order chi connectivity index (χ1) is 7.70. The first kappa shape index (κ1) is 11.0. The highest BCUT2D eigenvalue weighted by Crippen LogP contribution is 2.09. The molecule has 0 saturated heterocycles. The summed E-state index contributed by atoms with van der Waals surface area (Å²) in [6.07, 6.45) is 3.54. The fourth-order valence-electron chi connectivity index (χ4n) is 1.83. The van der Waals surface area contributed by atoms with Crippen molar-refractivity contribution in [3.63, 3.8) is 0 Å². The number of aryl methyl sites for hydroxylation is 1. The van der Waals surface area contributed by atoms with Crippen molar-refractivity contribution in [2.75, 3.05) is 0 Å². The van der Waals surface area contributed by atoms with Gasteiger partial charge in [-0.3, -0.25) is 0 Å². The molecule has 0 aromatic carbocycles. The molecule has 2 heterocycles. The minimum atomic E-state index is -0.320. The second-order valence-electron chi connectivity index (χ2n) is 4.01. The van der Waals surface area contributed by atoms with Crippen molar-refractivity contribution in [1.82, 2.24) is 19.6 Å². The van der Waals surface area contributed by atoms with Crippen molar-refractivity contribution in [2.24, 2.45) is 0 Å². The molecular formula is C11H16N4O. The fourth-order valence-corrected chi connectivity index (χ4v) is 1.83. The van der Waals surface area contributed by atoms with Crippen LogP contribution in [0, 0.1) is 6.92 Å². The zero-order valence-electron chi connectivity index (χ0n) is 9.59. The summed E-state index contributed by atoms with van der Waals surface area (Å²) < 4.78 is 1.69. The first-order valence-electron chi connectivity index (χ1n) is 5.55. The van der Waals surface area contributed by atoms with Gasteiger partial charge in [0, 0.05) is 12.1 Å². The maximum atomic E-state index is 9.81. The summed E-state index contributed by atoms with van der Waals surface area (Å²) in [5.41, 5.74) is 1.86. The van der Waals surface area contributed by atoms with Crippen LogP contribution in [-0.4, -0.2) is 30.8 Å². The highest BCUT2D eigenvalue weighted by Gasteiger charge is 2.10. The molecule has 0 saturated carbocycles. The molecule has 5 nitrogen and oxygen atoms in total. The summed E-state index contributed by atoms with van der Waals surface area (Å²) in [6.45, 7) is 3.98. The van der Waals surface area contributed by atoms with Gasteiger partial charge in [0.25, 0.3) is 5.78 Å². The number of aliphatic hydroxyl groups excluding tert-OH is 1. The van der Waals surface area contributed by atoms with Crippen molar-refractivity contribution >= 4 is 5.78 Å². The van der Waals surface area contributed by atoms with Crippen molar-refractivity contribution in [1.29, 1.82) is 0 Å². The molecule has 0 bridgehead atoms. The van der Waals surface area contributed by atoms with Gasteiger partial charge in [0.15, 0.2) is 0 Å². The lowest BCUT2D eigenvalue weighted by Gasteiger charge is -2.10. The molecule has 0 radical (unpaired) electrons. The Morgan fingerprint density at radius 2 is 2.31 bits per heavy atom. The predicted molar refractivity (Wildman–Crippen MR) is 60.1 cm³/mol. The molecule has 2 rings (SSSR count). The summed E-state index contributed by atoms with van der Waals surface area (Å²) in [6, 6.07) is 1.94. The van der Waals surface area contributed by atoms with Crippen molar-refractivity contribution in [3.05, 3.63) is 23.8 Å². The average molecular weight is 220 g/mol. The van der Waals surface area contributed by atoms with Gasteiger partial charge in [0.1, 0.15) is 6.33 Å². The van der Waals surface area contributed by atoms with Crippen LogP contribution < -0.4 is 0 Å². The number of fused-ring (bicyclic) bond motifs is 1. The van der Waals surface area contributed by atoms with Crippen LogP contribution in [0.15, 0.2) is 12.4 Å². The van der Waals surface area contributed by atoms with Crippen LogP contribution in [-0.2, 0) is 6.42 Å². The number of nitrogens with zero attached hydrogens (tertiary/aromatic N) is 4. The maximum Gasteiger partial charge on any atom is 0.252 e. The molecule has 16 heavy (non-hydrogen) atoms. The molecule has 1 atom stereocenters. The zero-order valence-corrected chi connectivity index (χ0v) is 9.59. The van der Waals surface area contributed by atoms with Gasteiger partial charge in [-0.05, 0) is 19.4 Å². The minimum Gasteiger partial charge on any atom is -0.393 e. The third-order valence-electron chi connectivity index (χ3n) is 2.52. The largest absolute Gasteiger partial charge is 0.393 e. The van der Waals surface area contributed by atoms with E-state index in [-0.39, 0.29) is 6.10 Å². The van der Waals surface area contributed by atoms with E-state index in [1.807, 2.05) is 13.0 Å². The molecule has 5 heteroatoms. The molecular weight excluding hydrogens is 204 g/mol. The number of rotatable bonds is 4. The molecule has 1 unspecified atom stereocenters. The zero-order chi connectivity index (χ0) is 11.5. The number of hydrogen-bond donors (Lipinski definition) is 1. The number of aliphatic hydroxyl groups is 1. The van der Waals surface area contributed by atoms with E-state index in [4.69, 9.17) is 0 Å². The monoisotopic (exact) mass is 220 g/mol. The van der Waals surface area contributed by atoms with Crippen LogP contribution in [0.5, 0.6) is 0 Å². The van der Waals surface area contributed by atoms with E-state index in [1.165, 1.54) is 6.33 Å². The Balaban J connectivity index is 2.31. The van der Waals surface area contributed by atoms with E-state index in [0.29, 0.717) is 12.2 Å². The molecule has 0 spiro atoms. The summed E-state index contributed by atoms with van der Waals surface area (Å²) >= 11 is 0. The molecule has 0 fully saturated rings. The lowest BCUT2D eigenvalue weighted by Crippen LogP contribution is -2.14. The van der Waals surface area contributed by atoms with Gasteiger partial charge < -0.3 is 5.11 Å². The van der Waals surface area contributed by atoms with E-state index in [9.17, 15) is 5.11 Å². The van der Waals surface area contributed by atoms with Gasteiger partial charge in [0.05, 0.1) is 11.8 Å². The topological polar surface area (TPSA) is 63.3 Å². The Morgan fingerprint density at radius 1 is 1.50 bits per heavy atom. The highest BCUT2D eigenvalue weighted by molar-refractivity contribution is 5.29. The Labute approximate surface area is 94.2 Å². The summed E-state index contributed by atoms with van der Waals surface area (Å²) in [4.78, 5) is 8.31. The molecule has 0 aliphatic rings. The molecule has 0 aliphatic carbocycles. The highest BCUT2D eigenvalue weighted by atomic mass is 16.3. The first-order valence-corrected chi connectivity index (χ1v) is 5.55. The van der Waals surface area contributed by atoms with Crippen LogP contribution >= 0.6 is 0 Å². The normalized spacial score (nSPS) is 13.2. The van der Waals surface area contributed by atoms with Crippen LogP contribution in [0.3, 0.4) is 0 Å². The average Bonchev–Trinajstić information content (AvgIpc) is 2.65. The number of aromatic nitrogens is 4. The Hall–Kier alpha value is -1.49. The summed E-state index contributed by atoms with van der Waals surface area (Å²) in [5.74, 6) is 0.596. The Bertz CT molecular complexity index is 480. The van der Waals surface area contributed by atoms with Gasteiger partial charge in [-0.1, -0.05) is 13.3 Å². The van der Waals surface area contributed by atoms with Gasteiger partial charge >= 0.3 is 0 Å². The van der Waals surface area contributed by atoms with E-state index >= 15 is 0 Å². The molecule has 0 amide bonds. The predicted octanol–water partition coefficient (Wildman–Crippen LogP) is 1.14. The van der Waals surface area contributed by atoms with Gasteiger partial charge in [-0.25, -0.2) is 9.50 Å². The maximum absolute atomic E-state index is 9.81. The van der Waals surface area contributed by atoms with Crippen molar-refractivity contribution in [2.45, 2.75) is 39.2 Å². The second kappa shape index (κ2) is 4.57. The van der Waals surface area contributed by atoms with Crippen LogP contribution in [0.1, 0.15) is 31.2 Å². The molecule has 86 valence electrons. The lowest BCUT2D eigenvalue weighted by atomic mass is 10.1. The van der Waals surface area contributed by atoms with Crippen LogP contribution in [0.2, 0.25) is 0 Å². The van der Waals surface area contributed by atoms with Gasteiger partial charge in [0.2, 0.25) is 0 Å². The Kier molecular flexibility index (Phi) is 3.14. The summed E-state index contributed by atoms with van der Waals surface area (Å²) in [7, 11) is 0. The molecule has 0 aliphatic heterocycles. The van der Waals surface area contributed by atoms with E-state index < -0.39 is 0 Å². The quantitative estimate of drug-likeness (QED) is 0.839. The van der Waals surface area contributed by atoms with Gasteiger partial charge in [-0.15, -0.1) is 0 Å². The minimum absolute atomic E-state index is 0.320. The molecule has 1 N–H and O–H groups in total. The lowest BCUT2D eigenvalue weighted by molar-refractivity contribution is 0.162. The standard InChI is InChI=1S/C11H16N4O/c1-3-4-10(16)6-9-5-8(2)14-11-12-7-13-15(9)11/h5,7,10,16H,3-4,6H2,1-2H3. The third-order valence-corrected chi connectivity index (χ3v) is 2.52.